The molecule has 2 rings (SSSR count). The van der Waals surface area contributed by atoms with E-state index < -0.39 is 0 Å². The number of nitrogens with zero attached hydrogens (tertiary/aromatic N) is 1. The van der Waals surface area contributed by atoms with Gasteiger partial charge in [0.25, 0.3) is 0 Å². The predicted molar refractivity (Wildman–Crippen MR) is 69.9 cm³/mol. The molecule has 1 amide bonds. The minimum Gasteiger partial charge on any atom is -0.399 e. The SMILES string of the molecule is CNC(=O)CCSc1nc2ccc(N)cc2[nH]1. The van der Waals surface area contributed by atoms with Crippen molar-refractivity contribution in [1.29, 1.82) is 0 Å². The van der Waals surface area contributed by atoms with Crippen LogP contribution in [-0.4, -0.2) is 28.7 Å². The highest BCUT2D eigenvalue weighted by molar-refractivity contribution is 7.99. The molecule has 5 nitrogen and oxygen atoms in total. The average molecular weight is 250 g/mol. The summed E-state index contributed by atoms with van der Waals surface area (Å²) >= 11 is 1.53. The lowest BCUT2D eigenvalue weighted by atomic mass is 10.3. The summed E-state index contributed by atoms with van der Waals surface area (Å²) in [5.41, 5.74) is 8.21. The molecule has 0 aliphatic rings. The molecule has 0 saturated carbocycles. The second-order valence-electron chi connectivity index (χ2n) is 3.59. The molecular formula is C11H14N4OS. The summed E-state index contributed by atoms with van der Waals surface area (Å²) in [4.78, 5) is 18.6. The van der Waals surface area contributed by atoms with Gasteiger partial charge in [-0.25, -0.2) is 4.98 Å². The van der Waals surface area contributed by atoms with E-state index in [0.29, 0.717) is 17.9 Å². The van der Waals surface area contributed by atoms with E-state index in [4.69, 9.17) is 5.73 Å². The van der Waals surface area contributed by atoms with Crippen molar-refractivity contribution >= 4 is 34.4 Å². The van der Waals surface area contributed by atoms with Crippen LogP contribution in [0.25, 0.3) is 11.0 Å². The summed E-state index contributed by atoms with van der Waals surface area (Å²) in [7, 11) is 1.64. The number of rotatable bonds is 4. The third-order valence-electron chi connectivity index (χ3n) is 2.33. The quantitative estimate of drug-likeness (QED) is 0.565. The molecule has 0 fully saturated rings. The molecule has 0 aliphatic carbocycles. The number of carbonyl (C=O) groups excluding carboxylic acids is 1. The fourth-order valence-electron chi connectivity index (χ4n) is 1.44. The normalized spacial score (nSPS) is 10.6. The number of benzene rings is 1. The van der Waals surface area contributed by atoms with Gasteiger partial charge in [0, 0.05) is 24.9 Å². The Bertz CT molecular complexity index is 537. The Labute approximate surface area is 103 Å². The lowest BCUT2D eigenvalue weighted by Gasteiger charge is -1.97. The van der Waals surface area contributed by atoms with Gasteiger partial charge in [0.2, 0.25) is 5.91 Å². The molecule has 1 aromatic carbocycles. The van der Waals surface area contributed by atoms with E-state index in [1.807, 2.05) is 18.2 Å². The molecule has 0 radical (unpaired) electrons. The first-order chi connectivity index (χ1) is 8.19. The van der Waals surface area contributed by atoms with E-state index in [9.17, 15) is 4.79 Å². The van der Waals surface area contributed by atoms with Gasteiger partial charge in [-0.1, -0.05) is 11.8 Å². The molecule has 0 atom stereocenters. The molecule has 2 aromatic rings. The Morgan fingerprint density at radius 1 is 1.59 bits per heavy atom. The van der Waals surface area contributed by atoms with Gasteiger partial charge >= 0.3 is 0 Å². The fourth-order valence-corrected chi connectivity index (χ4v) is 2.26. The monoisotopic (exact) mass is 250 g/mol. The molecule has 0 saturated heterocycles. The number of imidazole rings is 1. The van der Waals surface area contributed by atoms with Gasteiger partial charge in [0.05, 0.1) is 11.0 Å². The fraction of sp³-hybridized carbons (Fsp3) is 0.273. The molecule has 1 aromatic heterocycles. The van der Waals surface area contributed by atoms with Crippen LogP contribution in [0.5, 0.6) is 0 Å². The molecule has 0 spiro atoms. The van der Waals surface area contributed by atoms with Crippen LogP contribution in [-0.2, 0) is 4.79 Å². The van der Waals surface area contributed by atoms with E-state index in [0.717, 1.165) is 16.2 Å². The summed E-state index contributed by atoms with van der Waals surface area (Å²) in [5.74, 6) is 0.743. The van der Waals surface area contributed by atoms with Crippen molar-refractivity contribution in [3.8, 4) is 0 Å². The van der Waals surface area contributed by atoms with E-state index in [1.54, 1.807) is 7.05 Å². The van der Waals surface area contributed by atoms with Crippen LogP contribution in [0.1, 0.15) is 6.42 Å². The van der Waals surface area contributed by atoms with Crippen LogP contribution in [0.15, 0.2) is 23.4 Å². The number of aromatic amines is 1. The Kier molecular flexibility index (Phi) is 3.53. The molecule has 1 heterocycles. The van der Waals surface area contributed by atoms with Crippen molar-refractivity contribution in [2.75, 3.05) is 18.5 Å². The molecule has 0 bridgehead atoms. The van der Waals surface area contributed by atoms with Crippen molar-refractivity contribution in [1.82, 2.24) is 15.3 Å². The first-order valence-corrected chi connectivity index (χ1v) is 6.26. The van der Waals surface area contributed by atoms with Crippen LogP contribution >= 0.6 is 11.8 Å². The van der Waals surface area contributed by atoms with Crippen molar-refractivity contribution in [3.63, 3.8) is 0 Å². The number of thioether (sulfide) groups is 1. The molecule has 17 heavy (non-hydrogen) atoms. The lowest BCUT2D eigenvalue weighted by molar-refractivity contribution is -0.120. The maximum absolute atomic E-state index is 11.0. The van der Waals surface area contributed by atoms with Crippen LogP contribution in [0.2, 0.25) is 0 Å². The number of nitrogens with one attached hydrogen (secondary N) is 2. The summed E-state index contributed by atoms with van der Waals surface area (Å²) < 4.78 is 0. The molecule has 6 heteroatoms. The topological polar surface area (TPSA) is 83.8 Å². The first-order valence-electron chi connectivity index (χ1n) is 5.27. The number of fused-ring (bicyclic) bond motifs is 1. The zero-order valence-corrected chi connectivity index (χ0v) is 10.3. The Hall–Kier alpha value is -1.69. The Balaban J connectivity index is 2.02. The number of carbonyl (C=O) groups is 1. The second-order valence-corrected chi connectivity index (χ2v) is 4.67. The smallest absolute Gasteiger partial charge is 0.220 e. The minimum atomic E-state index is 0.0397. The Morgan fingerprint density at radius 3 is 3.18 bits per heavy atom. The summed E-state index contributed by atoms with van der Waals surface area (Å²) in [6.45, 7) is 0. The summed E-state index contributed by atoms with van der Waals surface area (Å²) in [6.07, 6.45) is 0.486. The van der Waals surface area contributed by atoms with Crippen molar-refractivity contribution in [3.05, 3.63) is 18.2 Å². The molecule has 0 aliphatic heterocycles. The van der Waals surface area contributed by atoms with E-state index in [2.05, 4.69) is 15.3 Å². The second kappa shape index (κ2) is 5.09. The van der Waals surface area contributed by atoms with Gasteiger partial charge in [-0.2, -0.15) is 0 Å². The van der Waals surface area contributed by atoms with E-state index in [1.165, 1.54) is 11.8 Å². The molecule has 4 N–H and O–H groups in total. The maximum Gasteiger partial charge on any atom is 0.220 e. The van der Waals surface area contributed by atoms with Gasteiger partial charge in [0.15, 0.2) is 5.16 Å². The Morgan fingerprint density at radius 2 is 2.41 bits per heavy atom. The number of nitrogens with two attached hydrogens (primary N) is 1. The molecule has 0 unspecified atom stereocenters. The van der Waals surface area contributed by atoms with Gasteiger partial charge in [0.1, 0.15) is 0 Å². The highest BCUT2D eigenvalue weighted by atomic mass is 32.2. The number of anilines is 1. The average Bonchev–Trinajstić information content (AvgIpc) is 2.70. The van der Waals surface area contributed by atoms with Gasteiger partial charge < -0.3 is 16.0 Å². The number of hydrogen-bond donors (Lipinski definition) is 3. The lowest BCUT2D eigenvalue weighted by Crippen LogP contribution is -2.17. The molecule has 90 valence electrons. The van der Waals surface area contributed by atoms with Gasteiger partial charge in [-0.05, 0) is 18.2 Å². The van der Waals surface area contributed by atoms with Gasteiger partial charge in [-0.3, -0.25) is 4.79 Å². The molecular weight excluding hydrogens is 236 g/mol. The predicted octanol–water partition coefficient (Wildman–Crippen LogP) is 1.37. The number of H-pyrrole nitrogens is 1. The van der Waals surface area contributed by atoms with Crippen LogP contribution in [0, 0.1) is 0 Å². The van der Waals surface area contributed by atoms with Crippen LogP contribution in [0.4, 0.5) is 5.69 Å². The summed E-state index contributed by atoms with van der Waals surface area (Å²) in [6, 6.07) is 5.55. The third kappa shape index (κ3) is 2.91. The van der Waals surface area contributed by atoms with Crippen LogP contribution < -0.4 is 11.1 Å². The zero-order chi connectivity index (χ0) is 12.3. The van der Waals surface area contributed by atoms with Gasteiger partial charge in [-0.15, -0.1) is 0 Å². The van der Waals surface area contributed by atoms with Crippen LogP contribution in [0.3, 0.4) is 0 Å². The highest BCUT2D eigenvalue weighted by Crippen LogP contribution is 2.21. The van der Waals surface area contributed by atoms with Crippen molar-refractivity contribution < 1.29 is 4.79 Å². The first kappa shape index (κ1) is 11.8. The number of nitrogen functional groups attached to an aromatic ring is 1. The van der Waals surface area contributed by atoms with Crippen molar-refractivity contribution in [2.45, 2.75) is 11.6 Å². The van der Waals surface area contributed by atoms with Crippen molar-refractivity contribution in [2.24, 2.45) is 0 Å². The number of amides is 1. The number of aromatic nitrogens is 2. The van der Waals surface area contributed by atoms with E-state index in [-0.39, 0.29) is 5.91 Å². The third-order valence-corrected chi connectivity index (χ3v) is 3.21. The standard InChI is InChI=1S/C11H14N4OS/c1-13-10(16)4-5-17-11-14-8-3-2-7(12)6-9(8)15-11/h2-3,6H,4-5,12H2,1H3,(H,13,16)(H,14,15). The maximum atomic E-state index is 11.0. The largest absolute Gasteiger partial charge is 0.399 e. The zero-order valence-electron chi connectivity index (χ0n) is 9.49. The van der Waals surface area contributed by atoms with E-state index >= 15 is 0 Å². The highest BCUT2D eigenvalue weighted by Gasteiger charge is 2.04. The minimum absolute atomic E-state index is 0.0397. The number of hydrogen-bond acceptors (Lipinski definition) is 4. The summed E-state index contributed by atoms with van der Waals surface area (Å²) in [5, 5.41) is 3.40.